The van der Waals surface area contributed by atoms with E-state index in [0.717, 1.165) is 6.07 Å². The molecule has 44 valence electrons. The first-order chi connectivity index (χ1) is 3.22. The van der Waals surface area contributed by atoms with Crippen LogP contribution in [0.4, 0.5) is 0 Å². The Morgan fingerprint density at radius 1 is 1.33 bits per heavy atom. The summed E-state index contributed by atoms with van der Waals surface area (Å²) in [6.45, 7) is 0. The van der Waals surface area contributed by atoms with E-state index in [-0.39, 0.29) is 35.0 Å². The van der Waals surface area contributed by atoms with Gasteiger partial charge in [0.2, 0.25) is 10.9 Å². The van der Waals surface area contributed by atoms with Gasteiger partial charge in [0, 0.05) is 0 Å². The van der Waals surface area contributed by atoms with Gasteiger partial charge in [0.25, 0.3) is 0 Å². The third kappa shape index (κ3) is 1.91. The van der Waals surface area contributed by atoms with Crippen LogP contribution < -0.4 is 45.5 Å². The fraction of sp³-hybridized carbons (Fsp3) is 0. The number of rotatable bonds is 0. The molecule has 0 saturated carbocycles. The predicted molar refractivity (Wildman–Crippen MR) is 24.4 cm³/mol. The Morgan fingerprint density at radius 3 is 1.78 bits per heavy atom. The van der Waals surface area contributed by atoms with Gasteiger partial charge < -0.3 is 10.6 Å². The molecule has 0 aromatic heterocycles. The van der Waals surface area contributed by atoms with Crippen LogP contribution in [0.25, 0.3) is 0 Å². The van der Waals surface area contributed by atoms with Crippen molar-refractivity contribution < 1.29 is 40.1 Å². The van der Waals surface area contributed by atoms with Crippen LogP contribution in [0.2, 0.25) is 0 Å². The van der Waals surface area contributed by atoms with Crippen molar-refractivity contribution in [2.45, 2.75) is 0 Å². The molecule has 0 bridgehead atoms. The maximum Gasteiger partial charge on any atom is 1.00 e. The van der Waals surface area contributed by atoms with Crippen LogP contribution in [0.1, 0.15) is 0 Å². The van der Waals surface area contributed by atoms with Crippen molar-refractivity contribution in [3.8, 4) is 5.75 Å². The van der Waals surface area contributed by atoms with E-state index in [4.69, 9.17) is 0 Å². The smallest absolute Gasteiger partial charge is 0.870 e. The molecule has 0 amide bonds. The fourth-order valence-corrected chi connectivity index (χ4v) is 0.294. The first kappa shape index (κ1) is 11.6. The molecule has 0 aliphatic carbocycles. The molecule has 1 rings (SSSR count). The van der Waals surface area contributed by atoms with Gasteiger partial charge in [-0.1, -0.05) is 5.75 Å². The fourth-order valence-electron chi connectivity index (χ4n) is 0.294. The molecule has 0 fully saturated rings. The van der Waals surface area contributed by atoms with Gasteiger partial charge in [-0.3, -0.25) is 9.59 Å². The zero-order valence-corrected chi connectivity index (χ0v) is 6.80. The SMILES string of the molecule is O.O=c1cc([O-])c1=O.[Na+]. The van der Waals surface area contributed by atoms with Gasteiger partial charge in [0.15, 0.2) is 0 Å². The summed E-state index contributed by atoms with van der Waals surface area (Å²) in [5, 5.41) is 9.81. The first-order valence-electron chi connectivity index (χ1n) is 1.69. The molecule has 0 aliphatic heterocycles. The third-order valence-corrected chi connectivity index (χ3v) is 0.710. The van der Waals surface area contributed by atoms with Crippen LogP contribution in [-0.2, 0) is 0 Å². The standard InChI is InChI=1S/C4H2O3.Na.H2O/c5-2-1-3(6)4(2)7;;/h1,5H;;1H2/q;+1;/p-1. The average molecular weight is 138 g/mol. The molecule has 0 radical (unpaired) electrons. The van der Waals surface area contributed by atoms with Gasteiger partial charge in [-0.15, -0.1) is 0 Å². The van der Waals surface area contributed by atoms with Crippen molar-refractivity contribution >= 4 is 0 Å². The topological polar surface area (TPSA) is 88.7 Å². The second-order valence-electron chi connectivity index (χ2n) is 1.20. The van der Waals surface area contributed by atoms with Crippen molar-refractivity contribution in [3.05, 3.63) is 26.5 Å². The van der Waals surface area contributed by atoms with Crippen molar-refractivity contribution in [2.75, 3.05) is 0 Å². The molecule has 5 heteroatoms. The Morgan fingerprint density at radius 2 is 1.78 bits per heavy atom. The van der Waals surface area contributed by atoms with Crippen molar-refractivity contribution in [1.82, 2.24) is 0 Å². The molecular weight excluding hydrogens is 135 g/mol. The summed E-state index contributed by atoms with van der Waals surface area (Å²) < 4.78 is 0. The average Bonchev–Trinajstić information content (AvgIpc) is 1.68. The van der Waals surface area contributed by atoms with Gasteiger partial charge in [-0.05, 0) is 6.07 Å². The molecule has 0 heterocycles. The molecule has 4 nitrogen and oxygen atoms in total. The molecule has 0 atom stereocenters. The number of hydrogen-bond donors (Lipinski definition) is 0. The van der Waals surface area contributed by atoms with E-state index < -0.39 is 16.6 Å². The van der Waals surface area contributed by atoms with E-state index in [2.05, 4.69) is 0 Å². The summed E-state index contributed by atoms with van der Waals surface area (Å²) in [6.07, 6.45) is 0. The Labute approximate surface area is 72.4 Å². The molecule has 0 unspecified atom stereocenters. The van der Waals surface area contributed by atoms with Gasteiger partial charge >= 0.3 is 29.6 Å². The molecule has 2 N–H and O–H groups in total. The van der Waals surface area contributed by atoms with Gasteiger partial charge in [-0.25, -0.2) is 0 Å². The predicted octanol–water partition coefficient (Wildman–Crippen LogP) is -5.46. The van der Waals surface area contributed by atoms with E-state index in [1.807, 2.05) is 0 Å². The van der Waals surface area contributed by atoms with Gasteiger partial charge in [-0.2, -0.15) is 0 Å². The van der Waals surface area contributed by atoms with Crippen LogP contribution in [-0.4, -0.2) is 5.48 Å². The molecule has 9 heavy (non-hydrogen) atoms. The van der Waals surface area contributed by atoms with Crippen LogP contribution in [0.3, 0.4) is 0 Å². The Kier molecular flexibility index (Phi) is 4.89. The minimum atomic E-state index is -0.889. The van der Waals surface area contributed by atoms with Crippen LogP contribution in [0.15, 0.2) is 15.7 Å². The van der Waals surface area contributed by atoms with Gasteiger partial charge in [0.05, 0.1) is 0 Å². The molecule has 0 aliphatic rings. The third-order valence-electron chi connectivity index (χ3n) is 0.710. The van der Waals surface area contributed by atoms with Crippen molar-refractivity contribution in [3.63, 3.8) is 0 Å². The van der Waals surface area contributed by atoms with E-state index in [1.165, 1.54) is 0 Å². The Bertz CT molecular complexity index is 246. The zero-order valence-electron chi connectivity index (χ0n) is 4.80. The first-order valence-corrected chi connectivity index (χ1v) is 1.69. The largest absolute Gasteiger partial charge is 1.00 e. The molecule has 1 aromatic carbocycles. The maximum absolute atomic E-state index is 9.83. The van der Waals surface area contributed by atoms with E-state index in [0.29, 0.717) is 0 Å². The summed E-state index contributed by atoms with van der Waals surface area (Å²) in [4.78, 5) is 19.6. The number of hydrogen-bond acceptors (Lipinski definition) is 3. The van der Waals surface area contributed by atoms with Gasteiger partial charge in [0.1, 0.15) is 0 Å². The maximum atomic E-state index is 9.83. The van der Waals surface area contributed by atoms with E-state index in [1.54, 1.807) is 0 Å². The minimum absolute atomic E-state index is 0. The van der Waals surface area contributed by atoms with Crippen LogP contribution in [0.5, 0.6) is 5.75 Å². The van der Waals surface area contributed by atoms with Crippen molar-refractivity contribution in [2.24, 2.45) is 0 Å². The summed E-state index contributed by atoms with van der Waals surface area (Å²) in [7, 11) is 0. The zero-order chi connectivity index (χ0) is 5.44. The summed E-state index contributed by atoms with van der Waals surface area (Å²) in [6, 6.07) is 0.780. The Balaban J connectivity index is 0. The van der Waals surface area contributed by atoms with Crippen molar-refractivity contribution in [1.29, 1.82) is 0 Å². The van der Waals surface area contributed by atoms with Crippen LogP contribution >= 0.6 is 0 Å². The van der Waals surface area contributed by atoms with Crippen LogP contribution in [0, 0.1) is 0 Å². The molecule has 0 saturated heterocycles. The van der Waals surface area contributed by atoms with E-state index >= 15 is 0 Å². The second-order valence-corrected chi connectivity index (χ2v) is 1.20. The quantitative estimate of drug-likeness (QED) is 0.264. The second kappa shape index (κ2) is 3.79. The summed E-state index contributed by atoms with van der Waals surface area (Å²) >= 11 is 0. The van der Waals surface area contributed by atoms with E-state index in [9.17, 15) is 14.7 Å². The minimum Gasteiger partial charge on any atom is -0.870 e. The normalized spacial score (nSPS) is 7.56. The molecule has 0 spiro atoms. The summed E-state index contributed by atoms with van der Waals surface area (Å²) in [5.74, 6) is -0.676. The molecular formula is C4H3NaO4. The molecule has 1 aromatic rings. The summed E-state index contributed by atoms with van der Waals surface area (Å²) in [5.41, 5.74) is -1.56. The monoisotopic (exact) mass is 138 g/mol. The Hall–Kier alpha value is -0.160.